The van der Waals surface area contributed by atoms with Crippen LogP contribution in [0.25, 0.3) is 16.7 Å². The van der Waals surface area contributed by atoms with E-state index in [1.54, 1.807) is 24.9 Å². The molecule has 0 amide bonds. The molecule has 1 fully saturated rings. The van der Waals surface area contributed by atoms with Gasteiger partial charge in [-0.1, -0.05) is 0 Å². The molecule has 1 aliphatic heterocycles. The summed E-state index contributed by atoms with van der Waals surface area (Å²) < 4.78 is 1.83. The van der Waals surface area contributed by atoms with E-state index in [1.165, 1.54) is 18.5 Å². The summed E-state index contributed by atoms with van der Waals surface area (Å²) in [5, 5.41) is 7.89. The largest absolute Gasteiger partial charge is 0.372 e. The van der Waals surface area contributed by atoms with Crippen molar-refractivity contribution in [3.8, 4) is 5.69 Å². The highest BCUT2D eigenvalue weighted by Gasteiger charge is 2.14. The number of fused-ring (bicyclic) bond motifs is 1. The second kappa shape index (κ2) is 6.68. The van der Waals surface area contributed by atoms with Crippen LogP contribution < -0.4 is 10.2 Å². The number of nitrogens with one attached hydrogen (secondary N) is 1. The highest BCUT2D eigenvalue weighted by molar-refractivity contribution is 5.88. The number of hydrogen-bond acceptors (Lipinski definition) is 6. The van der Waals surface area contributed by atoms with E-state index in [9.17, 15) is 0 Å². The summed E-state index contributed by atoms with van der Waals surface area (Å²) in [5.41, 5.74) is 4.81. The first-order valence-corrected chi connectivity index (χ1v) is 9.10. The third kappa shape index (κ3) is 2.97. The van der Waals surface area contributed by atoms with Gasteiger partial charge in [-0.05, 0) is 49.2 Å². The molecule has 1 N–H and O–H groups in total. The highest BCUT2D eigenvalue weighted by atomic mass is 15.3. The Morgan fingerprint density at radius 3 is 2.41 bits per heavy atom. The molecule has 0 bridgehead atoms. The lowest BCUT2D eigenvalue weighted by Crippen LogP contribution is -2.17. The summed E-state index contributed by atoms with van der Waals surface area (Å²) in [4.78, 5) is 15.3. The summed E-state index contributed by atoms with van der Waals surface area (Å²) in [6, 6.07) is 12.3. The Hall–Kier alpha value is -3.48. The number of nitrogens with zero attached hydrogens (tertiary/aromatic N) is 6. The van der Waals surface area contributed by atoms with Gasteiger partial charge >= 0.3 is 0 Å². The van der Waals surface area contributed by atoms with Crippen LogP contribution in [0.1, 0.15) is 12.8 Å². The molecule has 0 radical (unpaired) electrons. The van der Waals surface area contributed by atoms with Gasteiger partial charge in [0.2, 0.25) is 0 Å². The maximum atomic E-state index is 4.47. The van der Waals surface area contributed by atoms with E-state index >= 15 is 0 Å². The first-order valence-electron chi connectivity index (χ1n) is 9.10. The van der Waals surface area contributed by atoms with E-state index in [-0.39, 0.29) is 0 Å². The Bertz CT molecular complexity index is 1050. The first kappa shape index (κ1) is 15.7. The van der Waals surface area contributed by atoms with Crippen LogP contribution in [0.5, 0.6) is 0 Å². The molecule has 5 rings (SSSR count). The van der Waals surface area contributed by atoms with E-state index in [0.717, 1.165) is 41.3 Å². The third-order valence-corrected chi connectivity index (χ3v) is 4.87. The molecular formula is C20H19N7. The fourth-order valence-corrected chi connectivity index (χ4v) is 3.51. The fourth-order valence-electron chi connectivity index (χ4n) is 3.51. The first-order chi connectivity index (χ1) is 13.4. The Morgan fingerprint density at radius 2 is 1.63 bits per heavy atom. The van der Waals surface area contributed by atoms with Gasteiger partial charge in [0.05, 0.1) is 11.9 Å². The second-order valence-electron chi connectivity index (χ2n) is 6.58. The SMILES string of the molecule is c1cc(-n2ncc3ncnc(Nc4ccc(N5CCCC5)cc4)c32)ccn1. The molecule has 7 nitrogen and oxygen atoms in total. The third-order valence-electron chi connectivity index (χ3n) is 4.87. The smallest absolute Gasteiger partial charge is 0.160 e. The predicted molar refractivity (Wildman–Crippen MR) is 106 cm³/mol. The molecule has 0 unspecified atom stereocenters. The minimum absolute atomic E-state index is 0.725. The lowest BCUT2D eigenvalue weighted by molar-refractivity contribution is 0.906. The van der Waals surface area contributed by atoms with Crippen LogP contribution in [-0.2, 0) is 0 Å². The van der Waals surface area contributed by atoms with Gasteiger partial charge in [-0.2, -0.15) is 5.10 Å². The van der Waals surface area contributed by atoms with Crippen LogP contribution in [0, 0.1) is 0 Å². The number of hydrogen-bond donors (Lipinski definition) is 1. The van der Waals surface area contributed by atoms with Gasteiger partial charge < -0.3 is 10.2 Å². The lowest BCUT2D eigenvalue weighted by Gasteiger charge is -2.18. The topological polar surface area (TPSA) is 71.8 Å². The van der Waals surface area contributed by atoms with Gasteiger partial charge in [0.25, 0.3) is 0 Å². The van der Waals surface area contributed by atoms with Crippen molar-refractivity contribution < 1.29 is 0 Å². The zero-order chi connectivity index (χ0) is 18.1. The average Bonchev–Trinajstić information content (AvgIpc) is 3.40. The van der Waals surface area contributed by atoms with Crippen LogP contribution >= 0.6 is 0 Å². The molecule has 0 atom stereocenters. The summed E-state index contributed by atoms with van der Waals surface area (Å²) in [7, 11) is 0. The summed E-state index contributed by atoms with van der Waals surface area (Å²) >= 11 is 0. The molecule has 1 saturated heterocycles. The summed E-state index contributed by atoms with van der Waals surface area (Å²) in [6.45, 7) is 2.29. The van der Waals surface area contributed by atoms with Crippen molar-refractivity contribution >= 4 is 28.2 Å². The van der Waals surface area contributed by atoms with E-state index in [0.29, 0.717) is 0 Å². The quantitative estimate of drug-likeness (QED) is 0.602. The van der Waals surface area contributed by atoms with Crippen LogP contribution in [0.4, 0.5) is 17.2 Å². The maximum absolute atomic E-state index is 4.47. The molecule has 1 aromatic carbocycles. The van der Waals surface area contributed by atoms with Crippen LogP contribution in [0.2, 0.25) is 0 Å². The van der Waals surface area contributed by atoms with Crippen LogP contribution in [-0.4, -0.2) is 37.8 Å². The van der Waals surface area contributed by atoms with Crippen molar-refractivity contribution in [2.75, 3.05) is 23.3 Å². The molecule has 4 heterocycles. The molecule has 0 aliphatic carbocycles. The van der Waals surface area contributed by atoms with E-state index < -0.39 is 0 Å². The number of aromatic nitrogens is 5. The minimum Gasteiger partial charge on any atom is -0.372 e. The van der Waals surface area contributed by atoms with Crippen molar-refractivity contribution in [3.63, 3.8) is 0 Å². The van der Waals surface area contributed by atoms with E-state index in [2.05, 4.69) is 54.5 Å². The molecule has 3 aromatic heterocycles. The molecular weight excluding hydrogens is 338 g/mol. The average molecular weight is 357 g/mol. The molecule has 0 saturated carbocycles. The monoisotopic (exact) mass is 357 g/mol. The van der Waals surface area contributed by atoms with Gasteiger partial charge in [-0.3, -0.25) is 4.98 Å². The predicted octanol–water partition coefficient (Wildman–Crippen LogP) is 3.55. The number of pyridine rings is 1. The normalized spacial score (nSPS) is 14.0. The van der Waals surface area contributed by atoms with Gasteiger partial charge in [-0.15, -0.1) is 0 Å². The zero-order valence-corrected chi connectivity index (χ0v) is 14.8. The summed E-state index contributed by atoms with van der Waals surface area (Å²) in [6.07, 6.45) is 9.35. The molecule has 134 valence electrons. The zero-order valence-electron chi connectivity index (χ0n) is 14.8. The van der Waals surface area contributed by atoms with E-state index in [4.69, 9.17) is 0 Å². The fraction of sp³-hybridized carbons (Fsp3) is 0.200. The molecule has 1 aliphatic rings. The Balaban J connectivity index is 1.49. The number of benzene rings is 1. The molecule has 7 heteroatoms. The number of anilines is 3. The van der Waals surface area contributed by atoms with E-state index in [1.807, 2.05) is 16.8 Å². The standard InChI is InChI=1S/C20H19N7/c1-2-12-26(11-1)16-5-3-15(4-6-16)25-20-19-18(22-14-23-20)13-24-27(19)17-7-9-21-10-8-17/h3-10,13-14H,1-2,11-12H2,(H,22,23,25). The Labute approximate surface area is 156 Å². The molecule has 0 spiro atoms. The minimum atomic E-state index is 0.725. The van der Waals surface area contributed by atoms with Gasteiger partial charge in [0.15, 0.2) is 5.82 Å². The summed E-state index contributed by atoms with van der Waals surface area (Å²) in [5.74, 6) is 0.725. The Morgan fingerprint density at radius 1 is 0.852 bits per heavy atom. The van der Waals surface area contributed by atoms with Gasteiger partial charge in [0, 0.05) is 36.9 Å². The van der Waals surface area contributed by atoms with Crippen molar-refractivity contribution in [2.24, 2.45) is 0 Å². The number of rotatable bonds is 4. The van der Waals surface area contributed by atoms with Gasteiger partial charge in [-0.25, -0.2) is 14.6 Å². The highest BCUT2D eigenvalue weighted by Crippen LogP contribution is 2.27. The maximum Gasteiger partial charge on any atom is 0.160 e. The van der Waals surface area contributed by atoms with Crippen molar-refractivity contribution in [1.29, 1.82) is 0 Å². The van der Waals surface area contributed by atoms with Crippen molar-refractivity contribution in [3.05, 3.63) is 61.3 Å². The Kier molecular flexibility index (Phi) is 3.90. The lowest BCUT2D eigenvalue weighted by atomic mass is 10.2. The van der Waals surface area contributed by atoms with Crippen molar-refractivity contribution in [2.45, 2.75) is 12.8 Å². The molecule has 4 aromatic rings. The van der Waals surface area contributed by atoms with Gasteiger partial charge in [0.1, 0.15) is 17.4 Å². The van der Waals surface area contributed by atoms with Crippen LogP contribution in [0.3, 0.4) is 0 Å². The van der Waals surface area contributed by atoms with Crippen LogP contribution in [0.15, 0.2) is 61.3 Å². The second-order valence-corrected chi connectivity index (χ2v) is 6.58. The molecule has 27 heavy (non-hydrogen) atoms. The van der Waals surface area contributed by atoms with Crippen molar-refractivity contribution in [1.82, 2.24) is 24.7 Å².